The van der Waals surface area contributed by atoms with Crippen LogP contribution in [0.5, 0.6) is 5.88 Å². The fourth-order valence-corrected chi connectivity index (χ4v) is 3.75. The maximum atomic E-state index is 11.5. The molecule has 0 saturated heterocycles. The second-order valence-electron chi connectivity index (χ2n) is 7.24. The van der Waals surface area contributed by atoms with Crippen molar-refractivity contribution in [1.29, 1.82) is 0 Å². The number of benzene rings is 1. The lowest BCUT2D eigenvalue weighted by Crippen LogP contribution is -2.16. The molecule has 0 aliphatic rings. The van der Waals surface area contributed by atoms with Crippen LogP contribution in [0.25, 0.3) is 11.3 Å². The van der Waals surface area contributed by atoms with Crippen LogP contribution in [-0.2, 0) is 33.9 Å². The van der Waals surface area contributed by atoms with Crippen LogP contribution >= 0.6 is 0 Å². The number of nitrogens with two attached hydrogens (primary N) is 1. The second-order valence-corrected chi connectivity index (χ2v) is 8.95. The standard InChI is InChI=1S/C23H22N4O5S/c24-32-33(28,29)13-10-21-20(4-3-12-25-21)22-15-19(27-31-22)14-17-6-8-18(9-7-17)16-30-23-5-1-2-11-26-23/h1-9,11-12,15H,10,13-14,16,24H2. The van der Waals surface area contributed by atoms with Crippen molar-refractivity contribution in [1.82, 2.24) is 15.1 Å². The van der Waals surface area contributed by atoms with E-state index in [-0.39, 0.29) is 12.2 Å². The minimum atomic E-state index is -3.80. The van der Waals surface area contributed by atoms with E-state index >= 15 is 0 Å². The van der Waals surface area contributed by atoms with E-state index in [1.54, 1.807) is 24.5 Å². The first-order chi connectivity index (χ1) is 16.0. The number of aromatic nitrogens is 3. The van der Waals surface area contributed by atoms with Gasteiger partial charge in [-0.15, -0.1) is 0 Å². The molecule has 1 aromatic carbocycles. The molecule has 0 bridgehead atoms. The van der Waals surface area contributed by atoms with Crippen molar-refractivity contribution in [2.24, 2.45) is 5.90 Å². The van der Waals surface area contributed by atoms with Gasteiger partial charge in [0.1, 0.15) is 6.61 Å². The molecule has 2 N–H and O–H groups in total. The molecule has 4 aromatic rings. The van der Waals surface area contributed by atoms with Gasteiger partial charge in [-0.3, -0.25) is 4.98 Å². The summed E-state index contributed by atoms with van der Waals surface area (Å²) in [5.74, 6) is 5.61. The summed E-state index contributed by atoms with van der Waals surface area (Å²) in [6.45, 7) is 0.431. The summed E-state index contributed by atoms with van der Waals surface area (Å²) in [6, 6.07) is 18.9. The molecule has 0 saturated carbocycles. The molecular formula is C23H22N4O5S. The van der Waals surface area contributed by atoms with E-state index in [9.17, 15) is 8.42 Å². The number of pyridine rings is 2. The molecule has 170 valence electrons. The number of hydrogen-bond donors (Lipinski definition) is 1. The Morgan fingerprint density at radius 1 is 0.939 bits per heavy atom. The summed E-state index contributed by atoms with van der Waals surface area (Å²) in [7, 11) is -3.80. The first-order valence-corrected chi connectivity index (χ1v) is 11.7. The molecular weight excluding hydrogens is 444 g/mol. The van der Waals surface area contributed by atoms with Gasteiger partial charge in [-0.25, -0.2) is 4.98 Å². The Morgan fingerprint density at radius 2 is 1.73 bits per heavy atom. The van der Waals surface area contributed by atoms with Gasteiger partial charge in [-0.2, -0.15) is 18.6 Å². The third-order valence-electron chi connectivity index (χ3n) is 4.88. The van der Waals surface area contributed by atoms with Gasteiger partial charge in [-0.05, 0) is 29.3 Å². The van der Waals surface area contributed by atoms with Gasteiger partial charge in [0.2, 0.25) is 5.88 Å². The maximum Gasteiger partial charge on any atom is 0.283 e. The zero-order valence-electron chi connectivity index (χ0n) is 17.6. The summed E-state index contributed by atoms with van der Waals surface area (Å²) in [5, 5.41) is 4.15. The summed E-state index contributed by atoms with van der Waals surface area (Å²) < 4.78 is 38.3. The fourth-order valence-electron chi connectivity index (χ4n) is 3.21. The molecule has 0 fully saturated rings. The molecule has 10 heteroatoms. The molecule has 3 aromatic heterocycles. The average Bonchev–Trinajstić information content (AvgIpc) is 3.31. The van der Waals surface area contributed by atoms with Crippen molar-refractivity contribution in [2.45, 2.75) is 19.4 Å². The number of aryl methyl sites for hydroxylation is 1. The molecule has 0 aliphatic carbocycles. The number of ether oxygens (including phenoxy) is 1. The Bertz CT molecular complexity index is 1290. The van der Waals surface area contributed by atoms with Crippen molar-refractivity contribution in [3.63, 3.8) is 0 Å². The minimum absolute atomic E-state index is 0.133. The van der Waals surface area contributed by atoms with Crippen LogP contribution in [0.1, 0.15) is 22.5 Å². The van der Waals surface area contributed by atoms with Crippen LogP contribution in [0.3, 0.4) is 0 Å². The van der Waals surface area contributed by atoms with Gasteiger partial charge in [0, 0.05) is 42.9 Å². The number of hydrogen-bond acceptors (Lipinski definition) is 9. The third kappa shape index (κ3) is 6.22. The largest absolute Gasteiger partial charge is 0.473 e. The SMILES string of the molecule is NOS(=O)(=O)CCc1ncccc1-c1cc(Cc2ccc(COc3ccccn3)cc2)no1. The quantitative estimate of drug-likeness (QED) is 0.350. The molecule has 33 heavy (non-hydrogen) atoms. The number of nitrogens with zero attached hydrogens (tertiary/aromatic N) is 3. The van der Waals surface area contributed by atoms with Crippen molar-refractivity contribution in [3.8, 4) is 17.2 Å². The fraction of sp³-hybridized carbons (Fsp3) is 0.174. The van der Waals surface area contributed by atoms with Crippen molar-refractivity contribution in [2.75, 3.05) is 5.75 Å². The lowest BCUT2D eigenvalue weighted by atomic mass is 10.1. The zero-order valence-corrected chi connectivity index (χ0v) is 18.4. The van der Waals surface area contributed by atoms with E-state index in [0.717, 1.165) is 16.8 Å². The van der Waals surface area contributed by atoms with Gasteiger partial charge in [0.05, 0.1) is 17.1 Å². The Morgan fingerprint density at radius 3 is 2.48 bits per heavy atom. The Hall–Kier alpha value is -3.60. The van der Waals surface area contributed by atoms with Crippen molar-refractivity contribution in [3.05, 3.63) is 95.6 Å². The Labute approximate surface area is 191 Å². The van der Waals surface area contributed by atoms with Crippen LogP contribution < -0.4 is 10.6 Å². The molecule has 3 heterocycles. The molecule has 0 unspecified atom stereocenters. The van der Waals surface area contributed by atoms with Crippen LogP contribution in [0, 0.1) is 0 Å². The lowest BCUT2D eigenvalue weighted by Gasteiger charge is -2.06. The topological polar surface area (TPSA) is 130 Å². The van der Waals surface area contributed by atoms with E-state index in [0.29, 0.717) is 35.9 Å². The highest BCUT2D eigenvalue weighted by molar-refractivity contribution is 7.86. The smallest absolute Gasteiger partial charge is 0.283 e. The van der Waals surface area contributed by atoms with Gasteiger partial charge >= 0.3 is 0 Å². The van der Waals surface area contributed by atoms with E-state index < -0.39 is 10.1 Å². The molecule has 0 amide bonds. The summed E-state index contributed by atoms with van der Waals surface area (Å²) in [5.41, 5.74) is 4.06. The Balaban J connectivity index is 1.40. The van der Waals surface area contributed by atoms with Crippen LogP contribution in [-0.4, -0.2) is 29.3 Å². The Kier molecular flexibility index (Phi) is 7.08. The highest BCUT2D eigenvalue weighted by atomic mass is 32.2. The molecule has 0 atom stereocenters. The van der Waals surface area contributed by atoms with Crippen molar-refractivity contribution >= 4 is 10.1 Å². The summed E-state index contributed by atoms with van der Waals surface area (Å²) in [4.78, 5) is 8.41. The van der Waals surface area contributed by atoms with E-state index in [1.807, 2.05) is 48.5 Å². The molecule has 9 nitrogen and oxygen atoms in total. The first kappa shape index (κ1) is 22.6. The van der Waals surface area contributed by atoms with E-state index in [2.05, 4.69) is 19.4 Å². The molecule has 4 rings (SSSR count). The predicted octanol–water partition coefficient (Wildman–Crippen LogP) is 3.06. The van der Waals surface area contributed by atoms with Gasteiger partial charge in [-0.1, -0.05) is 35.5 Å². The van der Waals surface area contributed by atoms with Crippen molar-refractivity contribution < 1.29 is 22.0 Å². The molecule has 0 aliphatic heterocycles. The summed E-state index contributed by atoms with van der Waals surface area (Å²) >= 11 is 0. The lowest BCUT2D eigenvalue weighted by molar-refractivity contribution is 0.294. The second kappa shape index (κ2) is 10.3. The highest BCUT2D eigenvalue weighted by Crippen LogP contribution is 2.25. The maximum absolute atomic E-state index is 11.5. The van der Waals surface area contributed by atoms with Crippen LogP contribution in [0.4, 0.5) is 0 Å². The average molecular weight is 467 g/mol. The predicted molar refractivity (Wildman–Crippen MR) is 120 cm³/mol. The normalized spacial score (nSPS) is 11.4. The minimum Gasteiger partial charge on any atom is -0.473 e. The molecule has 0 spiro atoms. The monoisotopic (exact) mass is 466 g/mol. The zero-order chi connectivity index (χ0) is 23.1. The molecule has 0 radical (unpaired) electrons. The van der Waals surface area contributed by atoms with Gasteiger partial charge < -0.3 is 9.26 Å². The van der Waals surface area contributed by atoms with Crippen LogP contribution in [0.15, 0.2) is 77.6 Å². The van der Waals surface area contributed by atoms with E-state index in [4.69, 9.17) is 15.2 Å². The van der Waals surface area contributed by atoms with Crippen LogP contribution in [0.2, 0.25) is 0 Å². The van der Waals surface area contributed by atoms with Gasteiger partial charge in [0.15, 0.2) is 5.76 Å². The third-order valence-corrected chi connectivity index (χ3v) is 5.88. The number of rotatable bonds is 10. The first-order valence-electron chi connectivity index (χ1n) is 10.1. The highest BCUT2D eigenvalue weighted by Gasteiger charge is 2.16. The van der Waals surface area contributed by atoms with E-state index in [1.165, 1.54) is 0 Å². The van der Waals surface area contributed by atoms with Gasteiger partial charge in [0.25, 0.3) is 10.1 Å². The summed E-state index contributed by atoms with van der Waals surface area (Å²) in [6.07, 6.45) is 3.99.